The van der Waals surface area contributed by atoms with Crippen molar-refractivity contribution in [2.45, 2.75) is 32.7 Å². The standard InChI is InChI=1S/C9H16ClNO4/c1-3-14-8(12)5-7(11-10)6-9(13)15-4-2/h7,11H,3-6H2,1-2H3. The summed E-state index contributed by atoms with van der Waals surface area (Å²) in [6.45, 7) is 4.05. The summed E-state index contributed by atoms with van der Waals surface area (Å²) in [6.07, 6.45) is 0.103. The Morgan fingerprint density at radius 2 is 1.53 bits per heavy atom. The maximum absolute atomic E-state index is 11.1. The van der Waals surface area contributed by atoms with E-state index in [1.165, 1.54) is 0 Å². The van der Waals surface area contributed by atoms with Crippen molar-refractivity contribution in [2.24, 2.45) is 0 Å². The molecule has 15 heavy (non-hydrogen) atoms. The van der Waals surface area contributed by atoms with Gasteiger partial charge in [0.1, 0.15) is 0 Å². The van der Waals surface area contributed by atoms with Crippen molar-refractivity contribution in [3.05, 3.63) is 0 Å². The van der Waals surface area contributed by atoms with Gasteiger partial charge in [-0.2, -0.15) is 0 Å². The van der Waals surface area contributed by atoms with Gasteiger partial charge in [0.2, 0.25) is 0 Å². The molecule has 0 bridgehead atoms. The summed E-state index contributed by atoms with van der Waals surface area (Å²) in [6, 6.07) is -0.454. The molecule has 0 aliphatic heterocycles. The Morgan fingerprint density at radius 3 is 1.80 bits per heavy atom. The first kappa shape index (κ1) is 14.2. The minimum Gasteiger partial charge on any atom is -0.466 e. The number of ether oxygens (including phenoxy) is 2. The monoisotopic (exact) mass is 237 g/mol. The van der Waals surface area contributed by atoms with Crippen LogP contribution in [-0.2, 0) is 19.1 Å². The van der Waals surface area contributed by atoms with Gasteiger partial charge >= 0.3 is 11.9 Å². The molecule has 0 aromatic rings. The van der Waals surface area contributed by atoms with Crippen molar-refractivity contribution in [1.82, 2.24) is 4.84 Å². The third-order valence-corrected chi connectivity index (χ3v) is 1.90. The molecular formula is C9H16ClNO4. The number of rotatable bonds is 7. The van der Waals surface area contributed by atoms with Crippen LogP contribution in [0.1, 0.15) is 26.7 Å². The molecule has 0 aliphatic rings. The van der Waals surface area contributed by atoms with Gasteiger partial charge in [-0.3, -0.25) is 9.59 Å². The smallest absolute Gasteiger partial charge is 0.307 e. The fourth-order valence-electron chi connectivity index (χ4n) is 0.992. The molecule has 0 amide bonds. The average Bonchev–Trinajstić information content (AvgIpc) is 2.17. The summed E-state index contributed by atoms with van der Waals surface area (Å²) in [5, 5.41) is 0. The molecule has 0 aliphatic carbocycles. The van der Waals surface area contributed by atoms with Gasteiger partial charge in [0.25, 0.3) is 0 Å². The van der Waals surface area contributed by atoms with E-state index in [0.717, 1.165) is 0 Å². The molecule has 0 saturated heterocycles. The van der Waals surface area contributed by atoms with Crippen molar-refractivity contribution in [2.75, 3.05) is 13.2 Å². The zero-order valence-electron chi connectivity index (χ0n) is 8.92. The lowest BCUT2D eigenvalue weighted by molar-refractivity contribution is -0.145. The lowest BCUT2D eigenvalue weighted by Gasteiger charge is -2.12. The van der Waals surface area contributed by atoms with E-state index in [4.69, 9.17) is 21.3 Å². The summed E-state index contributed by atoms with van der Waals surface area (Å²) >= 11 is 5.39. The summed E-state index contributed by atoms with van der Waals surface area (Å²) < 4.78 is 9.45. The molecule has 5 nitrogen and oxygen atoms in total. The predicted molar refractivity (Wildman–Crippen MR) is 55.3 cm³/mol. The third kappa shape index (κ3) is 7.16. The Morgan fingerprint density at radius 1 is 1.13 bits per heavy atom. The fraction of sp³-hybridized carbons (Fsp3) is 0.778. The van der Waals surface area contributed by atoms with E-state index in [-0.39, 0.29) is 24.8 Å². The Labute approximate surface area is 94.2 Å². The summed E-state index contributed by atoms with van der Waals surface area (Å²) in [5.41, 5.74) is 0. The number of nitrogens with one attached hydrogen (secondary N) is 1. The van der Waals surface area contributed by atoms with E-state index in [2.05, 4.69) is 4.84 Å². The highest BCUT2D eigenvalue weighted by Crippen LogP contribution is 2.03. The number of carbonyl (C=O) groups is 2. The van der Waals surface area contributed by atoms with Crippen molar-refractivity contribution in [3.8, 4) is 0 Å². The van der Waals surface area contributed by atoms with E-state index in [1.54, 1.807) is 13.8 Å². The average molecular weight is 238 g/mol. The van der Waals surface area contributed by atoms with Gasteiger partial charge in [0.15, 0.2) is 0 Å². The van der Waals surface area contributed by atoms with E-state index < -0.39 is 6.04 Å². The van der Waals surface area contributed by atoms with Crippen LogP contribution < -0.4 is 4.84 Å². The third-order valence-electron chi connectivity index (χ3n) is 1.59. The molecule has 0 aromatic heterocycles. The van der Waals surface area contributed by atoms with Gasteiger partial charge in [-0.15, -0.1) is 0 Å². The van der Waals surface area contributed by atoms with Gasteiger partial charge in [0.05, 0.1) is 26.1 Å². The molecule has 0 heterocycles. The zero-order valence-corrected chi connectivity index (χ0v) is 9.67. The highest BCUT2D eigenvalue weighted by atomic mass is 35.5. The van der Waals surface area contributed by atoms with Crippen LogP contribution in [0.15, 0.2) is 0 Å². The first-order chi connectivity index (χ1) is 7.13. The minimum atomic E-state index is -0.454. The Hall–Kier alpha value is -0.810. The van der Waals surface area contributed by atoms with Crippen molar-refractivity contribution in [3.63, 3.8) is 0 Å². The summed E-state index contributed by atoms with van der Waals surface area (Å²) in [4.78, 5) is 24.5. The maximum Gasteiger partial charge on any atom is 0.307 e. The molecule has 88 valence electrons. The van der Waals surface area contributed by atoms with E-state index >= 15 is 0 Å². The van der Waals surface area contributed by atoms with Crippen LogP contribution >= 0.6 is 11.8 Å². The lowest BCUT2D eigenvalue weighted by Crippen LogP contribution is -2.29. The van der Waals surface area contributed by atoms with Crippen LogP contribution in [0.3, 0.4) is 0 Å². The van der Waals surface area contributed by atoms with Crippen molar-refractivity contribution in [1.29, 1.82) is 0 Å². The molecule has 0 rings (SSSR count). The second-order valence-electron chi connectivity index (χ2n) is 2.82. The van der Waals surface area contributed by atoms with Gasteiger partial charge in [-0.25, -0.2) is 4.84 Å². The van der Waals surface area contributed by atoms with E-state index in [1.807, 2.05) is 0 Å². The molecule has 0 fully saturated rings. The molecule has 0 aromatic carbocycles. The lowest BCUT2D eigenvalue weighted by atomic mass is 10.1. The van der Waals surface area contributed by atoms with Crippen molar-refractivity contribution >= 4 is 23.7 Å². The second-order valence-corrected chi connectivity index (χ2v) is 3.04. The molecule has 0 spiro atoms. The number of halogens is 1. The normalized spacial score (nSPS) is 10.1. The highest BCUT2D eigenvalue weighted by Gasteiger charge is 2.18. The number of hydrogen-bond acceptors (Lipinski definition) is 5. The van der Waals surface area contributed by atoms with Crippen LogP contribution in [0.5, 0.6) is 0 Å². The first-order valence-electron chi connectivity index (χ1n) is 4.81. The largest absolute Gasteiger partial charge is 0.466 e. The van der Waals surface area contributed by atoms with Crippen LogP contribution in [0, 0.1) is 0 Å². The molecule has 0 saturated carbocycles. The van der Waals surface area contributed by atoms with Crippen LogP contribution in [0.25, 0.3) is 0 Å². The predicted octanol–water partition coefficient (Wildman–Crippen LogP) is 1.00. The van der Waals surface area contributed by atoms with Gasteiger partial charge in [-0.1, -0.05) is 0 Å². The topological polar surface area (TPSA) is 64.6 Å². The fourth-order valence-corrected chi connectivity index (χ4v) is 1.15. The first-order valence-corrected chi connectivity index (χ1v) is 5.19. The van der Waals surface area contributed by atoms with Gasteiger partial charge in [-0.05, 0) is 25.6 Å². The van der Waals surface area contributed by atoms with Gasteiger partial charge in [0, 0.05) is 6.04 Å². The molecule has 0 unspecified atom stereocenters. The summed E-state index contributed by atoms with van der Waals surface area (Å²) in [7, 11) is 0. The molecular weight excluding hydrogens is 222 g/mol. The minimum absolute atomic E-state index is 0.0517. The molecule has 6 heteroatoms. The SMILES string of the molecule is CCOC(=O)CC(CC(=O)OCC)NCl. The number of carbonyl (C=O) groups excluding carboxylic acids is 2. The number of hydrogen-bond donors (Lipinski definition) is 1. The van der Waals surface area contributed by atoms with Crippen molar-refractivity contribution < 1.29 is 19.1 Å². The van der Waals surface area contributed by atoms with Crippen LogP contribution in [0.4, 0.5) is 0 Å². The highest BCUT2D eigenvalue weighted by molar-refractivity contribution is 6.13. The second kappa shape index (κ2) is 8.49. The molecule has 0 atom stereocenters. The van der Waals surface area contributed by atoms with Crippen LogP contribution in [0.2, 0.25) is 0 Å². The van der Waals surface area contributed by atoms with E-state index in [9.17, 15) is 9.59 Å². The Balaban J connectivity index is 3.91. The number of esters is 2. The molecule has 0 radical (unpaired) electrons. The Kier molecular flexibility index (Phi) is 8.04. The van der Waals surface area contributed by atoms with E-state index in [0.29, 0.717) is 13.2 Å². The molecule has 1 N–H and O–H groups in total. The Bertz CT molecular complexity index is 190. The quantitative estimate of drug-likeness (QED) is 0.529. The van der Waals surface area contributed by atoms with Crippen LogP contribution in [-0.4, -0.2) is 31.2 Å². The zero-order chi connectivity index (χ0) is 11.7. The van der Waals surface area contributed by atoms with Gasteiger partial charge < -0.3 is 9.47 Å². The summed E-state index contributed by atoms with van der Waals surface area (Å²) in [5.74, 6) is -0.778. The maximum atomic E-state index is 11.1.